The number of nitrogens with zero attached hydrogens (tertiary/aromatic N) is 1. The number of aliphatic carboxylic acids is 1. The van der Waals surface area contributed by atoms with Gasteiger partial charge < -0.3 is 16.2 Å². The minimum Gasteiger partial charge on any atom is -0.480 e. The van der Waals surface area contributed by atoms with Gasteiger partial charge in [-0.15, -0.1) is 0 Å². The van der Waals surface area contributed by atoms with Crippen LogP contribution in [0.4, 0.5) is 0 Å². The Morgan fingerprint density at radius 2 is 2.12 bits per heavy atom. The average molecular weight is 227 g/mol. The molecule has 0 radical (unpaired) electrons. The third-order valence-electron chi connectivity index (χ3n) is 2.04. The van der Waals surface area contributed by atoms with Crippen LogP contribution in [0.1, 0.15) is 32.1 Å². The zero-order chi connectivity index (χ0) is 12.4. The van der Waals surface area contributed by atoms with Gasteiger partial charge in [0.15, 0.2) is 0 Å². The molecule has 1 atom stereocenters. The molecule has 4 N–H and O–H groups in total. The van der Waals surface area contributed by atoms with Gasteiger partial charge in [0.2, 0.25) is 5.91 Å². The summed E-state index contributed by atoms with van der Waals surface area (Å²) in [5, 5.41) is 19.5. The number of carboxylic acid groups (broad SMARTS) is 1. The summed E-state index contributed by atoms with van der Waals surface area (Å²) in [4.78, 5) is 22.0. The first-order valence-corrected chi connectivity index (χ1v) is 5.21. The maximum Gasteiger partial charge on any atom is 0.326 e. The molecule has 1 unspecified atom stereocenters. The van der Waals surface area contributed by atoms with Gasteiger partial charge in [-0.1, -0.05) is 0 Å². The van der Waals surface area contributed by atoms with Gasteiger partial charge in [0.05, 0.1) is 6.07 Å². The fourth-order valence-electron chi connectivity index (χ4n) is 1.19. The van der Waals surface area contributed by atoms with Crippen molar-refractivity contribution in [3.63, 3.8) is 0 Å². The van der Waals surface area contributed by atoms with Crippen LogP contribution in [0.15, 0.2) is 0 Å². The van der Waals surface area contributed by atoms with Crippen LogP contribution in [0.2, 0.25) is 0 Å². The van der Waals surface area contributed by atoms with E-state index in [0.29, 0.717) is 19.4 Å². The predicted octanol–water partition coefficient (Wildman–Crippen LogP) is -0.0114. The number of amides is 1. The molecule has 0 aromatic carbocycles. The SMILES string of the molecule is N#CCCC(=O)NC(CCCCN)C(=O)O. The molecule has 1 amide bonds. The molecule has 0 bridgehead atoms. The highest BCUT2D eigenvalue weighted by Gasteiger charge is 2.18. The molecule has 0 aliphatic heterocycles. The number of hydrogen-bond acceptors (Lipinski definition) is 4. The minimum atomic E-state index is -1.05. The summed E-state index contributed by atoms with van der Waals surface area (Å²) in [6.45, 7) is 0.509. The van der Waals surface area contributed by atoms with Gasteiger partial charge in [0, 0.05) is 12.8 Å². The molecule has 0 heterocycles. The molecule has 0 aromatic rings. The summed E-state index contributed by atoms with van der Waals surface area (Å²) in [6, 6.07) is 0.952. The predicted molar refractivity (Wildman–Crippen MR) is 57.3 cm³/mol. The third kappa shape index (κ3) is 6.79. The van der Waals surface area contributed by atoms with Gasteiger partial charge in [-0.05, 0) is 25.8 Å². The second-order valence-corrected chi connectivity index (χ2v) is 3.40. The van der Waals surface area contributed by atoms with Crippen molar-refractivity contribution >= 4 is 11.9 Å². The van der Waals surface area contributed by atoms with Gasteiger partial charge in [-0.2, -0.15) is 5.26 Å². The lowest BCUT2D eigenvalue weighted by Gasteiger charge is -2.13. The van der Waals surface area contributed by atoms with Gasteiger partial charge in [-0.25, -0.2) is 4.79 Å². The molecule has 90 valence electrons. The molecule has 16 heavy (non-hydrogen) atoms. The van der Waals surface area contributed by atoms with E-state index in [9.17, 15) is 9.59 Å². The quantitative estimate of drug-likeness (QED) is 0.504. The Labute approximate surface area is 94.4 Å². The number of carbonyl (C=O) groups is 2. The molecule has 0 aliphatic rings. The Kier molecular flexibility index (Phi) is 7.81. The van der Waals surface area contributed by atoms with E-state index in [2.05, 4.69) is 5.32 Å². The molecule has 0 fully saturated rings. The molecule has 0 rings (SSSR count). The van der Waals surface area contributed by atoms with E-state index in [1.165, 1.54) is 0 Å². The maximum absolute atomic E-state index is 11.2. The lowest BCUT2D eigenvalue weighted by molar-refractivity contribution is -0.142. The molecular weight excluding hydrogens is 210 g/mol. The monoisotopic (exact) mass is 227 g/mol. The maximum atomic E-state index is 11.2. The van der Waals surface area contributed by atoms with Crippen LogP contribution in [0.25, 0.3) is 0 Å². The number of nitrogens with two attached hydrogens (primary N) is 1. The Morgan fingerprint density at radius 1 is 1.44 bits per heavy atom. The van der Waals surface area contributed by atoms with Crippen molar-refractivity contribution < 1.29 is 14.7 Å². The smallest absolute Gasteiger partial charge is 0.326 e. The van der Waals surface area contributed by atoms with Crippen LogP contribution in [-0.2, 0) is 9.59 Å². The summed E-state index contributed by atoms with van der Waals surface area (Å²) in [5.74, 6) is -1.45. The standard InChI is InChI=1S/C10H17N3O3/c11-6-2-1-4-8(10(15)16)13-9(14)5-3-7-12/h8H,1-6,11H2,(H,13,14)(H,15,16). The summed E-state index contributed by atoms with van der Waals surface area (Å²) < 4.78 is 0. The second-order valence-electron chi connectivity index (χ2n) is 3.40. The van der Waals surface area contributed by atoms with Crippen molar-refractivity contribution in [1.29, 1.82) is 5.26 Å². The Morgan fingerprint density at radius 3 is 2.62 bits per heavy atom. The lowest BCUT2D eigenvalue weighted by atomic mass is 10.1. The number of carboxylic acids is 1. The first-order valence-electron chi connectivity index (χ1n) is 5.21. The topological polar surface area (TPSA) is 116 Å². The largest absolute Gasteiger partial charge is 0.480 e. The van der Waals surface area contributed by atoms with Crippen molar-refractivity contribution in [2.75, 3.05) is 6.54 Å². The number of rotatable bonds is 8. The molecule has 6 nitrogen and oxygen atoms in total. The Balaban J connectivity index is 3.98. The minimum absolute atomic E-state index is 0.0389. The van der Waals surface area contributed by atoms with E-state index in [0.717, 1.165) is 6.42 Å². The number of carbonyl (C=O) groups excluding carboxylic acids is 1. The van der Waals surface area contributed by atoms with Crippen LogP contribution < -0.4 is 11.1 Å². The van der Waals surface area contributed by atoms with Crippen molar-refractivity contribution in [3.05, 3.63) is 0 Å². The van der Waals surface area contributed by atoms with Crippen LogP contribution in [0.5, 0.6) is 0 Å². The van der Waals surface area contributed by atoms with Crippen molar-refractivity contribution in [1.82, 2.24) is 5.32 Å². The van der Waals surface area contributed by atoms with E-state index >= 15 is 0 Å². The van der Waals surface area contributed by atoms with E-state index in [1.54, 1.807) is 0 Å². The van der Waals surface area contributed by atoms with Crippen molar-refractivity contribution in [3.8, 4) is 6.07 Å². The van der Waals surface area contributed by atoms with E-state index < -0.39 is 17.9 Å². The summed E-state index contributed by atoms with van der Waals surface area (Å²) >= 11 is 0. The van der Waals surface area contributed by atoms with Gasteiger partial charge in [0.1, 0.15) is 6.04 Å². The summed E-state index contributed by atoms with van der Waals surface area (Å²) in [7, 11) is 0. The van der Waals surface area contributed by atoms with Gasteiger partial charge >= 0.3 is 5.97 Å². The molecule has 0 saturated carbocycles. The van der Waals surface area contributed by atoms with Crippen LogP contribution in [-0.4, -0.2) is 29.6 Å². The number of hydrogen-bond donors (Lipinski definition) is 3. The summed E-state index contributed by atoms with van der Waals surface area (Å²) in [5.41, 5.74) is 5.29. The normalized spacial score (nSPS) is 11.5. The molecule has 0 aliphatic carbocycles. The number of nitriles is 1. The Hall–Kier alpha value is -1.61. The van der Waals surface area contributed by atoms with Crippen molar-refractivity contribution in [2.24, 2.45) is 5.73 Å². The fourth-order valence-corrected chi connectivity index (χ4v) is 1.19. The summed E-state index contributed by atoms with van der Waals surface area (Å²) in [6.07, 6.45) is 1.90. The molecule has 0 aromatic heterocycles. The highest BCUT2D eigenvalue weighted by molar-refractivity contribution is 5.83. The fraction of sp³-hybridized carbons (Fsp3) is 0.700. The van der Waals surface area contributed by atoms with Gasteiger partial charge in [-0.3, -0.25) is 4.79 Å². The highest BCUT2D eigenvalue weighted by Crippen LogP contribution is 2.01. The average Bonchev–Trinajstić information content (AvgIpc) is 2.25. The Bertz CT molecular complexity index is 273. The van der Waals surface area contributed by atoms with Crippen LogP contribution in [0, 0.1) is 11.3 Å². The van der Waals surface area contributed by atoms with E-state index in [-0.39, 0.29) is 12.8 Å². The molecule has 6 heteroatoms. The molecule has 0 spiro atoms. The first-order chi connectivity index (χ1) is 7.61. The second kappa shape index (κ2) is 8.68. The molecule has 0 saturated heterocycles. The van der Waals surface area contributed by atoms with E-state index in [1.807, 2.05) is 6.07 Å². The van der Waals surface area contributed by atoms with E-state index in [4.69, 9.17) is 16.1 Å². The van der Waals surface area contributed by atoms with Crippen LogP contribution >= 0.6 is 0 Å². The third-order valence-corrected chi connectivity index (χ3v) is 2.04. The first kappa shape index (κ1) is 14.4. The zero-order valence-corrected chi connectivity index (χ0v) is 9.11. The number of unbranched alkanes of at least 4 members (excludes halogenated alkanes) is 1. The zero-order valence-electron chi connectivity index (χ0n) is 9.11. The van der Waals surface area contributed by atoms with Crippen LogP contribution in [0.3, 0.4) is 0 Å². The highest BCUT2D eigenvalue weighted by atomic mass is 16.4. The molecular formula is C10H17N3O3. The number of nitrogens with one attached hydrogen (secondary N) is 1. The van der Waals surface area contributed by atoms with Crippen molar-refractivity contribution in [2.45, 2.75) is 38.1 Å². The van der Waals surface area contributed by atoms with Gasteiger partial charge in [0.25, 0.3) is 0 Å². The lowest BCUT2D eigenvalue weighted by Crippen LogP contribution is -2.40.